The number of aliphatic imine (C=N–C) groups is 1. The number of aryl methyl sites for hydroxylation is 2. The maximum absolute atomic E-state index is 5.72. The Morgan fingerprint density at radius 2 is 1.96 bits per heavy atom. The van der Waals surface area contributed by atoms with Crippen molar-refractivity contribution in [2.75, 3.05) is 33.2 Å². The molecule has 1 fully saturated rings. The molecular weight excluding hydrogens is 338 g/mol. The van der Waals surface area contributed by atoms with Crippen molar-refractivity contribution in [3.8, 4) is 0 Å². The molecule has 0 spiro atoms. The first-order chi connectivity index (χ1) is 13.0. The van der Waals surface area contributed by atoms with Crippen LogP contribution < -0.4 is 10.6 Å². The Balaban J connectivity index is 1.60. The van der Waals surface area contributed by atoms with Gasteiger partial charge in [-0.1, -0.05) is 26.7 Å². The van der Waals surface area contributed by atoms with Crippen LogP contribution in [0.5, 0.6) is 0 Å². The molecule has 1 aromatic heterocycles. The summed E-state index contributed by atoms with van der Waals surface area (Å²) in [6.07, 6.45) is 6.20. The summed E-state index contributed by atoms with van der Waals surface area (Å²) >= 11 is 0. The van der Waals surface area contributed by atoms with E-state index in [2.05, 4.69) is 39.4 Å². The van der Waals surface area contributed by atoms with Crippen LogP contribution in [0.15, 0.2) is 9.41 Å². The first-order valence-electron chi connectivity index (χ1n) is 10.6. The zero-order valence-corrected chi connectivity index (χ0v) is 18.0. The minimum Gasteiger partial charge on any atom is -0.444 e. The van der Waals surface area contributed by atoms with Gasteiger partial charge in [-0.3, -0.25) is 9.89 Å². The Morgan fingerprint density at radius 3 is 2.56 bits per heavy atom. The number of oxazole rings is 1. The maximum atomic E-state index is 5.72. The third-order valence-electron chi connectivity index (χ3n) is 5.42. The van der Waals surface area contributed by atoms with Crippen LogP contribution in [-0.4, -0.2) is 49.1 Å². The molecule has 0 aliphatic carbocycles. The minimum atomic E-state index is 0.703. The summed E-state index contributed by atoms with van der Waals surface area (Å²) in [5.74, 6) is 4.22. The van der Waals surface area contributed by atoms with E-state index in [9.17, 15) is 0 Å². The van der Waals surface area contributed by atoms with Gasteiger partial charge in [0.05, 0.1) is 12.2 Å². The number of nitrogens with one attached hydrogen (secondary N) is 2. The van der Waals surface area contributed by atoms with Gasteiger partial charge in [0.15, 0.2) is 5.96 Å². The van der Waals surface area contributed by atoms with E-state index in [1.54, 1.807) is 0 Å². The zero-order chi connectivity index (χ0) is 19.6. The summed E-state index contributed by atoms with van der Waals surface area (Å²) in [7, 11) is 1.85. The van der Waals surface area contributed by atoms with Gasteiger partial charge in [0.25, 0.3) is 0 Å². The van der Waals surface area contributed by atoms with E-state index in [1.165, 1.54) is 32.1 Å². The number of hydrogen-bond donors (Lipinski definition) is 2. The van der Waals surface area contributed by atoms with Crippen LogP contribution in [0.1, 0.15) is 63.3 Å². The third-order valence-corrected chi connectivity index (χ3v) is 5.42. The molecule has 6 heteroatoms. The van der Waals surface area contributed by atoms with Gasteiger partial charge in [-0.25, -0.2) is 4.98 Å². The molecule has 0 saturated carbocycles. The van der Waals surface area contributed by atoms with E-state index >= 15 is 0 Å². The average molecular weight is 378 g/mol. The lowest BCUT2D eigenvalue weighted by Crippen LogP contribution is -2.43. The van der Waals surface area contributed by atoms with Crippen molar-refractivity contribution >= 4 is 5.96 Å². The van der Waals surface area contributed by atoms with Crippen LogP contribution in [0.25, 0.3) is 0 Å². The van der Waals surface area contributed by atoms with Crippen LogP contribution in [0.3, 0.4) is 0 Å². The molecular formula is C21H39N5O. The number of hydrogen-bond acceptors (Lipinski definition) is 4. The lowest BCUT2D eigenvalue weighted by molar-refractivity contribution is 0.164. The molecule has 6 nitrogen and oxygen atoms in total. The molecule has 27 heavy (non-hydrogen) atoms. The molecule has 0 atom stereocenters. The molecule has 1 aromatic rings. The Kier molecular flexibility index (Phi) is 9.11. The summed E-state index contributed by atoms with van der Waals surface area (Å²) in [5, 5.41) is 6.94. The number of aromatic nitrogens is 1. The van der Waals surface area contributed by atoms with Crippen LogP contribution in [0, 0.1) is 25.7 Å². The monoisotopic (exact) mass is 377 g/mol. The van der Waals surface area contributed by atoms with Crippen molar-refractivity contribution in [1.29, 1.82) is 0 Å². The van der Waals surface area contributed by atoms with E-state index in [1.807, 2.05) is 20.9 Å². The highest BCUT2D eigenvalue weighted by atomic mass is 16.4. The van der Waals surface area contributed by atoms with Crippen molar-refractivity contribution < 1.29 is 4.42 Å². The van der Waals surface area contributed by atoms with Crippen molar-refractivity contribution in [1.82, 2.24) is 20.5 Å². The number of piperidine rings is 1. The van der Waals surface area contributed by atoms with E-state index < -0.39 is 0 Å². The fourth-order valence-electron chi connectivity index (χ4n) is 3.49. The molecule has 1 aliphatic rings. The molecule has 0 unspecified atom stereocenters. The van der Waals surface area contributed by atoms with Crippen LogP contribution in [-0.2, 0) is 6.54 Å². The van der Waals surface area contributed by atoms with Gasteiger partial charge in [-0.2, -0.15) is 0 Å². The highest BCUT2D eigenvalue weighted by Crippen LogP contribution is 2.19. The smallest absolute Gasteiger partial charge is 0.208 e. The SMILES string of the molecule is CN=C(NCCCCC(C)C)NCC1CCN(Cc2nc(C)c(C)o2)CC1. The van der Waals surface area contributed by atoms with E-state index in [0.29, 0.717) is 5.92 Å². The zero-order valence-electron chi connectivity index (χ0n) is 18.0. The second-order valence-electron chi connectivity index (χ2n) is 8.24. The largest absolute Gasteiger partial charge is 0.444 e. The van der Waals surface area contributed by atoms with Gasteiger partial charge >= 0.3 is 0 Å². The average Bonchev–Trinajstić information content (AvgIpc) is 2.95. The lowest BCUT2D eigenvalue weighted by Gasteiger charge is -2.31. The predicted molar refractivity (Wildman–Crippen MR) is 112 cm³/mol. The second-order valence-corrected chi connectivity index (χ2v) is 8.24. The molecule has 0 radical (unpaired) electrons. The van der Waals surface area contributed by atoms with E-state index in [-0.39, 0.29) is 0 Å². The molecule has 2 rings (SSSR count). The molecule has 0 aromatic carbocycles. The number of unbranched alkanes of at least 4 members (excludes halogenated alkanes) is 1. The van der Waals surface area contributed by atoms with Gasteiger partial charge in [0, 0.05) is 20.1 Å². The van der Waals surface area contributed by atoms with Gasteiger partial charge in [-0.15, -0.1) is 0 Å². The molecule has 0 amide bonds. The number of rotatable bonds is 9. The highest BCUT2D eigenvalue weighted by Gasteiger charge is 2.21. The first-order valence-corrected chi connectivity index (χ1v) is 10.6. The standard InChI is InChI=1S/C21H39N5O/c1-16(2)8-6-7-11-23-21(22-5)24-14-19-9-12-26(13-10-19)15-20-25-17(3)18(4)27-20/h16,19H,6-15H2,1-5H3,(H2,22,23,24). The quantitative estimate of drug-likeness (QED) is 0.392. The second kappa shape index (κ2) is 11.3. The summed E-state index contributed by atoms with van der Waals surface area (Å²) in [6.45, 7) is 13.6. The van der Waals surface area contributed by atoms with Crippen molar-refractivity contribution in [3.05, 3.63) is 17.3 Å². The Bertz CT molecular complexity index is 554. The van der Waals surface area contributed by atoms with Crippen LogP contribution in [0.4, 0.5) is 0 Å². The molecule has 1 saturated heterocycles. The maximum Gasteiger partial charge on any atom is 0.208 e. The molecule has 154 valence electrons. The first kappa shape index (κ1) is 21.7. The predicted octanol–water partition coefficient (Wildman–Crippen LogP) is 3.49. The molecule has 1 aliphatic heterocycles. The Morgan fingerprint density at radius 1 is 1.22 bits per heavy atom. The fraction of sp³-hybridized carbons (Fsp3) is 0.810. The highest BCUT2D eigenvalue weighted by molar-refractivity contribution is 5.79. The normalized spacial score (nSPS) is 16.9. The summed E-state index contributed by atoms with van der Waals surface area (Å²) < 4.78 is 5.72. The van der Waals surface area contributed by atoms with Crippen LogP contribution in [0.2, 0.25) is 0 Å². The van der Waals surface area contributed by atoms with Gasteiger partial charge in [0.2, 0.25) is 5.89 Å². The van der Waals surface area contributed by atoms with Gasteiger partial charge < -0.3 is 15.1 Å². The lowest BCUT2D eigenvalue weighted by atomic mass is 9.97. The van der Waals surface area contributed by atoms with E-state index in [0.717, 1.165) is 61.9 Å². The molecule has 0 bridgehead atoms. The molecule has 2 heterocycles. The Labute approximate surface area is 165 Å². The number of likely N-dealkylation sites (tertiary alicyclic amines) is 1. The number of nitrogens with zero attached hydrogens (tertiary/aromatic N) is 3. The van der Waals surface area contributed by atoms with Crippen molar-refractivity contribution in [3.63, 3.8) is 0 Å². The van der Waals surface area contributed by atoms with E-state index in [4.69, 9.17) is 4.42 Å². The summed E-state index contributed by atoms with van der Waals surface area (Å²) in [6, 6.07) is 0. The van der Waals surface area contributed by atoms with Gasteiger partial charge in [-0.05, 0) is 58.0 Å². The Hall–Kier alpha value is -1.56. The fourth-order valence-corrected chi connectivity index (χ4v) is 3.49. The third kappa shape index (κ3) is 7.91. The van der Waals surface area contributed by atoms with Crippen molar-refractivity contribution in [2.24, 2.45) is 16.8 Å². The topological polar surface area (TPSA) is 65.7 Å². The van der Waals surface area contributed by atoms with Crippen LogP contribution >= 0.6 is 0 Å². The molecule has 2 N–H and O–H groups in total. The summed E-state index contributed by atoms with van der Waals surface area (Å²) in [5.41, 5.74) is 1.01. The number of guanidine groups is 1. The minimum absolute atomic E-state index is 0.703. The summed E-state index contributed by atoms with van der Waals surface area (Å²) in [4.78, 5) is 11.3. The van der Waals surface area contributed by atoms with Gasteiger partial charge in [0.1, 0.15) is 5.76 Å². The van der Waals surface area contributed by atoms with Crippen molar-refractivity contribution in [2.45, 2.75) is 66.3 Å².